The fourth-order valence-electron chi connectivity index (χ4n) is 6.83. The number of primary amides is 2. The monoisotopic (exact) mass is 501 g/mol. The van der Waals surface area contributed by atoms with Crippen molar-refractivity contribution in [3.8, 4) is 0 Å². The van der Waals surface area contributed by atoms with Crippen molar-refractivity contribution in [2.45, 2.75) is 57.8 Å². The number of nitrogens with two attached hydrogens (primary N) is 2. The smallest absolute Gasteiger partial charge is 0.369 e. The van der Waals surface area contributed by atoms with Crippen LogP contribution in [-0.2, 0) is 24.0 Å². The van der Waals surface area contributed by atoms with Gasteiger partial charge in [-0.15, -0.1) is 0 Å². The molecule has 0 bridgehead atoms. The van der Waals surface area contributed by atoms with E-state index in [9.17, 15) is 37.1 Å². The van der Waals surface area contributed by atoms with Crippen molar-refractivity contribution in [1.82, 2.24) is 15.5 Å². The highest BCUT2D eigenvalue weighted by Gasteiger charge is 2.83. The van der Waals surface area contributed by atoms with Crippen molar-refractivity contribution in [3.05, 3.63) is 0 Å². The van der Waals surface area contributed by atoms with Crippen LogP contribution in [0, 0.1) is 34.5 Å². The van der Waals surface area contributed by atoms with Crippen LogP contribution < -0.4 is 22.1 Å². The number of alkyl halides is 3. The third-order valence-corrected chi connectivity index (χ3v) is 8.68. The molecule has 3 unspecified atom stereocenters. The number of rotatable bonds is 8. The van der Waals surface area contributed by atoms with Gasteiger partial charge in [0.05, 0.1) is 0 Å². The zero-order chi connectivity index (χ0) is 26.1. The van der Waals surface area contributed by atoms with Crippen molar-refractivity contribution < 1.29 is 37.1 Å². The summed E-state index contributed by atoms with van der Waals surface area (Å²) in [5, 5.41) is 4.48. The van der Waals surface area contributed by atoms with Gasteiger partial charge in [0.25, 0.3) is 0 Å². The molecule has 6 atom stereocenters. The summed E-state index contributed by atoms with van der Waals surface area (Å²) in [6, 6.07) is -2.78. The van der Waals surface area contributed by atoms with Gasteiger partial charge in [-0.1, -0.05) is 13.8 Å². The number of piperidine rings is 1. The molecule has 2 heterocycles. The largest absolute Gasteiger partial charge is 0.471 e. The Bertz CT molecular complexity index is 981. The van der Waals surface area contributed by atoms with Crippen LogP contribution in [-0.4, -0.2) is 65.8 Å². The van der Waals surface area contributed by atoms with Crippen molar-refractivity contribution in [2.24, 2.45) is 46.0 Å². The van der Waals surface area contributed by atoms with Gasteiger partial charge in [-0.05, 0) is 42.9 Å². The molecule has 5 amide bonds. The predicted molar refractivity (Wildman–Crippen MR) is 114 cm³/mol. The molecule has 2 aliphatic heterocycles. The maximum Gasteiger partial charge on any atom is 0.471 e. The van der Waals surface area contributed by atoms with Crippen LogP contribution in [0.25, 0.3) is 0 Å². The summed E-state index contributed by atoms with van der Waals surface area (Å²) >= 11 is 0. The molecule has 4 rings (SSSR count). The first-order chi connectivity index (χ1) is 16.2. The molecule has 6 N–H and O–H groups in total. The lowest BCUT2D eigenvalue weighted by Crippen LogP contribution is -2.60. The van der Waals surface area contributed by atoms with Crippen LogP contribution in [0.15, 0.2) is 0 Å². The third kappa shape index (κ3) is 3.83. The standard InChI is InChI=1S/C22H30F3N5O5/c1-20(2)12-8-30(18(34)13(9-3-4-9)29-19(35)22(23,24)25)14(16(27)32)21(12,20)11(15(26)31)7-10-5-6-28-17(10)33/h9-14H,3-8H2,1-2H3,(H2,26,31)(H2,27,32)(H,28,33)(H,29,35)/t10-,11-,12?,13+,14?,21?/m1/s1. The average Bonchev–Trinajstić information content (AvgIpc) is 3.53. The van der Waals surface area contributed by atoms with E-state index < -0.39 is 76.4 Å². The summed E-state index contributed by atoms with van der Waals surface area (Å²) in [6.07, 6.45) is -3.72. The number of nitrogens with zero attached hydrogens (tertiary/aromatic N) is 1. The summed E-state index contributed by atoms with van der Waals surface area (Å²) in [4.78, 5) is 63.9. The Morgan fingerprint density at radius 2 is 1.80 bits per heavy atom. The topological polar surface area (TPSA) is 165 Å². The molecule has 2 aliphatic carbocycles. The Labute approximate surface area is 199 Å². The van der Waals surface area contributed by atoms with Gasteiger partial charge in [-0.2, -0.15) is 13.2 Å². The van der Waals surface area contributed by atoms with Gasteiger partial charge in [-0.3, -0.25) is 24.0 Å². The van der Waals surface area contributed by atoms with Crippen molar-refractivity contribution >= 4 is 29.5 Å². The summed E-state index contributed by atoms with van der Waals surface area (Å²) < 4.78 is 38.7. The molecule has 2 saturated heterocycles. The maximum absolute atomic E-state index is 13.5. The minimum Gasteiger partial charge on any atom is -0.369 e. The number of nitrogens with one attached hydrogen (secondary N) is 2. The first-order valence-electron chi connectivity index (χ1n) is 11.7. The van der Waals surface area contributed by atoms with E-state index in [0.717, 1.165) is 4.90 Å². The highest BCUT2D eigenvalue weighted by Crippen LogP contribution is 2.78. The Balaban J connectivity index is 1.67. The first kappa shape index (κ1) is 25.2. The van der Waals surface area contributed by atoms with Gasteiger partial charge in [0, 0.05) is 30.3 Å². The van der Waals surface area contributed by atoms with E-state index in [-0.39, 0.29) is 18.9 Å². The Kier molecular flexibility index (Phi) is 5.83. The molecule has 0 spiro atoms. The van der Waals surface area contributed by atoms with Gasteiger partial charge in [-0.25, -0.2) is 0 Å². The number of hydrogen-bond acceptors (Lipinski definition) is 5. The molecule has 194 valence electrons. The molecule has 0 aromatic heterocycles. The van der Waals surface area contributed by atoms with E-state index in [1.807, 2.05) is 13.8 Å². The number of likely N-dealkylation sites (tertiary alicyclic amines) is 1. The molecule has 0 aromatic carbocycles. The molecule has 0 radical (unpaired) electrons. The van der Waals surface area contributed by atoms with Crippen LogP contribution in [0.4, 0.5) is 13.2 Å². The highest BCUT2D eigenvalue weighted by atomic mass is 19.4. The number of halogens is 3. The molecular weight excluding hydrogens is 471 g/mol. The lowest BCUT2D eigenvalue weighted by Gasteiger charge is -2.39. The maximum atomic E-state index is 13.5. The highest BCUT2D eigenvalue weighted by molar-refractivity contribution is 5.96. The first-order valence-corrected chi connectivity index (χ1v) is 11.7. The number of amides is 5. The summed E-state index contributed by atoms with van der Waals surface area (Å²) in [5.41, 5.74) is 9.72. The SMILES string of the molecule is CC1(C)C2CN(C(=O)[C@@H](NC(=O)C(F)(F)F)C3CC3)C(C(N)=O)C21[C@H](C[C@H]1CCNC1=O)C(N)=O. The number of carbonyl (C=O) groups is 5. The molecule has 13 heteroatoms. The zero-order valence-electron chi connectivity index (χ0n) is 19.5. The number of carbonyl (C=O) groups excluding carboxylic acids is 5. The molecular formula is C22H30F3N5O5. The van der Waals surface area contributed by atoms with Gasteiger partial charge in [0.2, 0.25) is 23.6 Å². The molecule has 35 heavy (non-hydrogen) atoms. The second-order valence-corrected chi connectivity index (χ2v) is 10.8. The minimum atomic E-state index is -5.17. The molecule has 4 aliphatic rings. The van der Waals surface area contributed by atoms with E-state index in [4.69, 9.17) is 11.5 Å². The molecule has 10 nitrogen and oxygen atoms in total. The molecule has 2 saturated carbocycles. The Hall–Kier alpha value is -2.86. The second kappa shape index (κ2) is 8.09. The van der Waals surface area contributed by atoms with E-state index in [2.05, 4.69) is 5.32 Å². The second-order valence-electron chi connectivity index (χ2n) is 10.8. The third-order valence-electron chi connectivity index (χ3n) is 8.68. The van der Waals surface area contributed by atoms with Crippen LogP contribution in [0.1, 0.15) is 39.5 Å². The minimum absolute atomic E-state index is 0.0226. The van der Waals surface area contributed by atoms with E-state index >= 15 is 0 Å². The molecule has 4 fully saturated rings. The van der Waals surface area contributed by atoms with Crippen molar-refractivity contribution in [3.63, 3.8) is 0 Å². The molecule has 0 aromatic rings. The summed E-state index contributed by atoms with van der Waals surface area (Å²) in [6.45, 7) is 4.07. The lowest BCUT2D eigenvalue weighted by molar-refractivity contribution is -0.175. The number of fused-ring (bicyclic) bond motifs is 1. The van der Waals surface area contributed by atoms with Crippen LogP contribution in [0.3, 0.4) is 0 Å². The van der Waals surface area contributed by atoms with Gasteiger partial charge in [0.15, 0.2) is 0 Å². The Morgan fingerprint density at radius 3 is 2.26 bits per heavy atom. The fourth-order valence-corrected chi connectivity index (χ4v) is 6.83. The van der Waals surface area contributed by atoms with Crippen LogP contribution >= 0.6 is 0 Å². The van der Waals surface area contributed by atoms with Gasteiger partial charge in [0.1, 0.15) is 12.1 Å². The van der Waals surface area contributed by atoms with E-state index in [1.165, 1.54) is 0 Å². The Morgan fingerprint density at radius 1 is 1.17 bits per heavy atom. The summed E-state index contributed by atoms with van der Waals surface area (Å²) in [7, 11) is 0. The number of hydrogen-bond donors (Lipinski definition) is 4. The zero-order valence-corrected chi connectivity index (χ0v) is 19.5. The summed E-state index contributed by atoms with van der Waals surface area (Å²) in [5.74, 6) is -7.28. The average molecular weight is 502 g/mol. The quantitative estimate of drug-likeness (QED) is 0.349. The normalized spacial score (nSPS) is 32.9. The van der Waals surface area contributed by atoms with Crippen LogP contribution in [0.2, 0.25) is 0 Å². The van der Waals surface area contributed by atoms with Crippen molar-refractivity contribution in [1.29, 1.82) is 0 Å². The lowest BCUT2D eigenvalue weighted by atomic mass is 9.72. The van der Waals surface area contributed by atoms with Crippen LogP contribution in [0.5, 0.6) is 0 Å². The van der Waals surface area contributed by atoms with E-state index in [0.29, 0.717) is 25.8 Å². The van der Waals surface area contributed by atoms with Crippen molar-refractivity contribution in [2.75, 3.05) is 13.1 Å². The van der Waals surface area contributed by atoms with E-state index in [1.54, 1.807) is 5.32 Å². The predicted octanol–water partition coefficient (Wildman–Crippen LogP) is -0.590. The fraction of sp³-hybridized carbons (Fsp3) is 0.773. The van der Waals surface area contributed by atoms with Gasteiger partial charge >= 0.3 is 12.1 Å². The van der Waals surface area contributed by atoms with Gasteiger partial charge < -0.3 is 27.0 Å².